The van der Waals surface area contributed by atoms with E-state index in [0.29, 0.717) is 12.8 Å². The fourth-order valence-electron chi connectivity index (χ4n) is 10.2. The highest BCUT2D eigenvalue weighted by atomic mass is 32.2. The first-order valence-corrected chi connectivity index (χ1v) is 32.7. The second-order valence-corrected chi connectivity index (χ2v) is 23.6. The molecule has 73 heavy (non-hydrogen) atoms. The van der Waals surface area contributed by atoms with Gasteiger partial charge >= 0.3 is 11.9 Å². The zero-order chi connectivity index (χ0) is 53.3. The molecule has 1 aliphatic rings. The Morgan fingerprint density at radius 3 is 1.00 bits per heavy atom. The number of esters is 2. The summed E-state index contributed by atoms with van der Waals surface area (Å²) in [4.78, 5) is 25.7. The van der Waals surface area contributed by atoms with Gasteiger partial charge in [0.25, 0.3) is 10.1 Å². The first-order valence-electron chi connectivity index (χ1n) is 31.1. The second kappa shape index (κ2) is 50.2. The van der Waals surface area contributed by atoms with Crippen molar-refractivity contribution < 1.29 is 56.8 Å². The Bertz CT molecular complexity index is 1330. The summed E-state index contributed by atoms with van der Waals surface area (Å²) in [5, 5.41) is 31.1. The van der Waals surface area contributed by atoms with Gasteiger partial charge in [0.05, 0.1) is 6.61 Å². The molecule has 0 aromatic carbocycles. The number of hydrogen-bond donors (Lipinski definition) is 4. The maximum Gasteiger partial charge on any atom is 0.306 e. The zero-order valence-corrected chi connectivity index (χ0v) is 48.1. The van der Waals surface area contributed by atoms with E-state index < -0.39 is 71.2 Å². The number of hydrogen-bond acceptors (Lipinski definition) is 11. The summed E-state index contributed by atoms with van der Waals surface area (Å²) in [7, 11) is -4.60. The molecule has 12 nitrogen and oxygen atoms in total. The van der Waals surface area contributed by atoms with Crippen molar-refractivity contribution in [1.29, 1.82) is 0 Å². The largest absolute Gasteiger partial charge is 0.462 e. The van der Waals surface area contributed by atoms with Gasteiger partial charge in [0.1, 0.15) is 36.8 Å². The topological polar surface area (TPSA) is 186 Å². The first-order chi connectivity index (χ1) is 35.5. The molecule has 0 saturated carbocycles. The average molecular weight is 1060 g/mol. The highest BCUT2D eigenvalue weighted by Gasteiger charge is 2.46. The van der Waals surface area contributed by atoms with Gasteiger partial charge in [-0.2, -0.15) is 8.42 Å². The summed E-state index contributed by atoms with van der Waals surface area (Å²) in [6.07, 6.45) is 48.7. The van der Waals surface area contributed by atoms with Crippen LogP contribution in [-0.2, 0) is 38.7 Å². The first kappa shape index (κ1) is 69.7. The summed E-state index contributed by atoms with van der Waals surface area (Å²) >= 11 is 0. The zero-order valence-electron chi connectivity index (χ0n) is 47.3. The van der Waals surface area contributed by atoms with Crippen LogP contribution in [0.25, 0.3) is 0 Å². The summed E-state index contributed by atoms with van der Waals surface area (Å²) in [6.45, 7) is 3.85. The smallest absolute Gasteiger partial charge is 0.306 e. The Hall–Kier alpha value is -1.35. The van der Waals surface area contributed by atoms with E-state index in [1.807, 2.05) is 0 Å². The van der Waals surface area contributed by atoms with Gasteiger partial charge in [-0.25, -0.2) is 0 Å². The third-order valence-corrected chi connectivity index (χ3v) is 15.7. The van der Waals surface area contributed by atoms with Crippen LogP contribution in [0.1, 0.15) is 316 Å². The molecule has 0 aliphatic carbocycles. The fraction of sp³-hybridized carbons (Fsp3) is 0.967. The predicted molar refractivity (Wildman–Crippen MR) is 298 cm³/mol. The highest BCUT2D eigenvalue weighted by molar-refractivity contribution is 7.85. The quantitative estimate of drug-likeness (QED) is 0.0257. The van der Waals surface area contributed by atoms with E-state index in [0.717, 1.165) is 38.5 Å². The molecule has 1 aliphatic heterocycles. The molecule has 0 amide bonds. The lowest BCUT2D eigenvalue weighted by molar-refractivity contribution is -0.297. The Morgan fingerprint density at radius 2 is 0.699 bits per heavy atom. The van der Waals surface area contributed by atoms with Gasteiger partial charge in [0.2, 0.25) is 0 Å². The van der Waals surface area contributed by atoms with E-state index >= 15 is 0 Å². The van der Waals surface area contributed by atoms with Crippen molar-refractivity contribution in [2.75, 3.05) is 19.0 Å². The SMILES string of the molecule is CCCCCCCCCCCCCCCCCCCCCCCCCC(=O)O[C@H](COC(=O)CCCCCCCCCCCCCCCCCCCCCCCC)CO[C@H]1O[C@H](CS(=O)(=O)O)[C@@H](O)C(O)C1O. The van der Waals surface area contributed by atoms with Crippen LogP contribution in [0.15, 0.2) is 0 Å². The van der Waals surface area contributed by atoms with Crippen LogP contribution in [0.3, 0.4) is 0 Å². The Morgan fingerprint density at radius 1 is 0.411 bits per heavy atom. The summed E-state index contributed by atoms with van der Waals surface area (Å²) < 4.78 is 54.5. The molecule has 1 rings (SSSR count). The minimum absolute atomic E-state index is 0.174. The molecule has 0 aromatic heterocycles. The molecule has 2 unspecified atom stereocenters. The van der Waals surface area contributed by atoms with E-state index in [2.05, 4.69) is 13.8 Å². The van der Waals surface area contributed by atoms with E-state index in [-0.39, 0.29) is 19.4 Å². The standard InChI is InChI=1S/C60H116O12S/c1-3-5-7-9-11-13-15-17-19-21-23-25-27-29-31-33-35-37-39-41-43-45-47-49-56(62)71-53(51-70-60-59(65)58(64)57(63)54(72-60)52-73(66,67)68)50-69-55(61)48-46-44-42-40-38-36-34-32-30-28-26-24-22-20-18-16-14-12-10-8-6-4-2/h53-54,57-60,63-65H,3-52H2,1-2H3,(H,66,67,68)/t53-,54-,57-,58?,59?,60+/m1/s1. The van der Waals surface area contributed by atoms with Crippen LogP contribution in [0.5, 0.6) is 0 Å². The van der Waals surface area contributed by atoms with E-state index in [4.69, 9.17) is 18.9 Å². The molecule has 4 N–H and O–H groups in total. The van der Waals surface area contributed by atoms with Crippen molar-refractivity contribution >= 4 is 22.1 Å². The number of carbonyl (C=O) groups excluding carboxylic acids is 2. The number of aliphatic hydroxyl groups excluding tert-OH is 3. The van der Waals surface area contributed by atoms with E-state index in [9.17, 15) is 37.9 Å². The normalized spacial score (nSPS) is 18.6. The summed E-state index contributed by atoms with van der Waals surface area (Å²) in [6, 6.07) is 0. The van der Waals surface area contributed by atoms with Gasteiger partial charge < -0.3 is 34.3 Å². The maximum atomic E-state index is 12.9. The van der Waals surface area contributed by atoms with Crippen LogP contribution in [0.4, 0.5) is 0 Å². The van der Waals surface area contributed by atoms with Gasteiger partial charge in [0, 0.05) is 12.8 Å². The Kier molecular flexibility index (Phi) is 47.9. The van der Waals surface area contributed by atoms with Crippen molar-refractivity contribution in [2.24, 2.45) is 0 Å². The van der Waals surface area contributed by atoms with E-state index in [1.165, 1.54) is 238 Å². The summed E-state index contributed by atoms with van der Waals surface area (Å²) in [5.41, 5.74) is 0. The lowest BCUT2D eigenvalue weighted by Gasteiger charge is -2.40. The van der Waals surface area contributed by atoms with Crippen molar-refractivity contribution in [3.63, 3.8) is 0 Å². The predicted octanol–water partition coefficient (Wildman–Crippen LogP) is 15.5. The van der Waals surface area contributed by atoms with Gasteiger partial charge in [-0.05, 0) is 12.8 Å². The van der Waals surface area contributed by atoms with Crippen LogP contribution in [0.2, 0.25) is 0 Å². The van der Waals surface area contributed by atoms with Crippen molar-refractivity contribution in [3.8, 4) is 0 Å². The minimum atomic E-state index is -4.60. The third kappa shape index (κ3) is 44.3. The highest BCUT2D eigenvalue weighted by Crippen LogP contribution is 2.24. The number of unbranched alkanes of at least 4 members (excludes halogenated alkanes) is 43. The number of ether oxygens (including phenoxy) is 4. The van der Waals surface area contributed by atoms with E-state index in [1.54, 1.807) is 0 Å². The molecule has 0 aromatic rings. The molecular weight excluding hydrogens is 945 g/mol. The molecule has 0 spiro atoms. The van der Waals surface area contributed by atoms with Gasteiger partial charge in [-0.1, -0.05) is 290 Å². The molecule has 0 radical (unpaired) electrons. The Labute approximate surface area is 448 Å². The lowest BCUT2D eigenvalue weighted by atomic mass is 10.00. The molecular formula is C60H116O12S. The van der Waals surface area contributed by atoms with Crippen LogP contribution < -0.4 is 0 Å². The third-order valence-electron chi connectivity index (χ3n) is 14.9. The molecule has 1 fully saturated rings. The maximum absolute atomic E-state index is 12.9. The second-order valence-electron chi connectivity index (χ2n) is 22.1. The fourth-order valence-corrected chi connectivity index (χ4v) is 10.8. The van der Waals surface area contributed by atoms with Crippen LogP contribution >= 0.6 is 0 Å². The van der Waals surface area contributed by atoms with Gasteiger partial charge in [0.15, 0.2) is 12.4 Å². The van der Waals surface area contributed by atoms with Crippen LogP contribution in [0, 0.1) is 0 Å². The molecule has 434 valence electrons. The average Bonchev–Trinajstić information content (AvgIpc) is 3.36. The minimum Gasteiger partial charge on any atom is -0.462 e. The molecule has 6 atom stereocenters. The van der Waals surface area contributed by atoms with Crippen molar-refractivity contribution in [2.45, 2.75) is 352 Å². The van der Waals surface area contributed by atoms with Crippen molar-refractivity contribution in [3.05, 3.63) is 0 Å². The van der Waals surface area contributed by atoms with Crippen molar-refractivity contribution in [1.82, 2.24) is 0 Å². The summed E-state index contributed by atoms with van der Waals surface area (Å²) in [5.74, 6) is -1.95. The van der Waals surface area contributed by atoms with Gasteiger partial charge in [-0.15, -0.1) is 0 Å². The monoisotopic (exact) mass is 1060 g/mol. The van der Waals surface area contributed by atoms with Gasteiger partial charge in [-0.3, -0.25) is 14.1 Å². The molecule has 0 bridgehead atoms. The molecule has 1 heterocycles. The number of aliphatic hydroxyl groups is 3. The molecule has 1 saturated heterocycles. The number of carbonyl (C=O) groups is 2. The lowest BCUT2D eigenvalue weighted by Crippen LogP contribution is -2.60. The Balaban J connectivity index is 2.25. The molecule has 13 heteroatoms. The van der Waals surface area contributed by atoms with Crippen LogP contribution in [-0.4, -0.2) is 96.0 Å². The number of rotatable bonds is 55.